The molecule has 9 nitrogen and oxygen atoms in total. The maximum atomic E-state index is 17.4. The first-order valence-corrected chi connectivity index (χ1v) is 15.8. The van der Waals surface area contributed by atoms with Crippen molar-refractivity contribution in [2.24, 2.45) is 11.8 Å². The monoisotopic (exact) mass is 569 g/mol. The third kappa shape index (κ3) is 4.40. The molecule has 0 aliphatic rings. The molecule has 12 heteroatoms. The first-order chi connectivity index (χ1) is 17.4. The molecule has 0 radical (unpaired) electrons. The van der Waals surface area contributed by atoms with Gasteiger partial charge in [-0.2, -0.15) is 5.10 Å². The van der Waals surface area contributed by atoms with Crippen LogP contribution in [0.1, 0.15) is 83.9 Å². The minimum absolute atomic E-state index is 0.187. The van der Waals surface area contributed by atoms with E-state index in [1.165, 1.54) is 0 Å². The Balaban J connectivity index is 2.73. The van der Waals surface area contributed by atoms with Crippen LogP contribution in [0, 0.1) is 11.8 Å². The predicted octanol–water partition coefficient (Wildman–Crippen LogP) is 6.40. The summed E-state index contributed by atoms with van der Waals surface area (Å²) in [6, 6.07) is 5.47. The molecule has 0 fully saturated rings. The number of benzene rings is 1. The SMILES string of the molecule is CC(C)c1cnc(-c2cccc3[nH]ncc23)c(C(C)C)c1C(C(C)C)(C(C)C)C(F)(P(=O)(O)O)P(=O)(O)O. The molecule has 1 aromatic carbocycles. The summed E-state index contributed by atoms with van der Waals surface area (Å²) in [5.74, 6) is -2.54. The molecule has 2 heterocycles. The largest absolute Gasteiger partial charge is 0.376 e. The molecule has 0 unspecified atom stereocenters. The van der Waals surface area contributed by atoms with Crippen LogP contribution in [0.15, 0.2) is 30.6 Å². The van der Waals surface area contributed by atoms with Crippen LogP contribution in [0.5, 0.6) is 0 Å². The van der Waals surface area contributed by atoms with Gasteiger partial charge in [-0.3, -0.25) is 19.2 Å². The highest BCUT2D eigenvalue weighted by atomic mass is 31.2. The number of nitrogens with zero attached hydrogens (tertiary/aromatic N) is 2. The van der Waals surface area contributed by atoms with Gasteiger partial charge in [0.05, 0.1) is 22.8 Å². The van der Waals surface area contributed by atoms with Crippen molar-refractivity contribution in [2.75, 3.05) is 0 Å². The van der Waals surface area contributed by atoms with Crippen molar-refractivity contribution in [3.8, 4) is 11.3 Å². The van der Waals surface area contributed by atoms with Crippen LogP contribution >= 0.6 is 15.2 Å². The van der Waals surface area contributed by atoms with Gasteiger partial charge < -0.3 is 19.6 Å². The molecule has 0 amide bonds. The van der Waals surface area contributed by atoms with Crippen LogP contribution in [0.4, 0.5) is 4.39 Å². The van der Waals surface area contributed by atoms with E-state index < -0.39 is 37.6 Å². The second-order valence-corrected chi connectivity index (χ2v) is 14.9. The number of aromatic amines is 1. The zero-order valence-corrected chi connectivity index (χ0v) is 24.8. The van der Waals surface area contributed by atoms with Gasteiger partial charge in [0.25, 0.3) is 0 Å². The molecule has 0 spiro atoms. The van der Waals surface area contributed by atoms with Gasteiger partial charge in [-0.05, 0) is 46.4 Å². The lowest BCUT2D eigenvalue weighted by atomic mass is 9.60. The van der Waals surface area contributed by atoms with Gasteiger partial charge >= 0.3 is 20.3 Å². The fourth-order valence-electron chi connectivity index (χ4n) is 6.18. The van der Waals surface area contributed by atoms with Gasteiger partial charge in [0.2, 0.25) is 0 Å². The highest BCUT2D eigenvalue weighted by Gasteiger charge is 2.76. The highest BCUT2D eigenvalue weighted by Crippen LogP contribution is 2.79. The fourth-order valence-corrected chi connectivity index (χ4v) is 9.76. The number of hydrogen-bond acceptors (Lipinski definition) is 4. The maximum Gasteiger partial charge on any atom is 0.376 e. The number of nitrogens with one attached hydrogen (secondary N) is 1. The summed E-state index contributed by atoms with van der Waals surface area (Å²) in [5.41, 5.74) is 0.682. The van der Waals surface area contributed by atoms with Crippen molar-refractivity contribution in [2.45, 2.75) is 77.8 Å². The Bertz CT molecular complexity index is 1390. The number of alkyl halides is 1. The molecule has 5 N–H and O–H groups in total. The molecule has 0 aliphatic heterocycles. The van der Waals surface area contributed by atoms with E-state index in [0.29, 0.717) is 22.4 Å². The van der Waals surface area contributed by atoms with E-state index in [0.717, 1.165) is 10.9 Å². The number of H-pyrrole nitrogens is 1. The summed E-state index contributed by atoms with van der Waals surface area (Å²) in [6.07, 6.45) is 3.18. The Morgan fingerprint density at radius 1 is 0.868 bits per heavy atom. The van der Waals surface area contributed by atoms with Crippen molar-refractivity contribution in [1.29, 1.82) is 0 Å². The fraction of sp³-hybridized carbons (Fsp3) is 0.538. The van der Waals surface area contributed by atoms with Crippen molar-refractivity contribution in [1.82, 2.24) is 15.2 Å². The summed E-state index contributed by atoms with van der Waals surface area (Å²) in [6.45, 7) is 13.6. The number of rotatable bonds is 9. The minimum atomic E-state index is -6.09. The Kier molecular flexibility index (Phi) is 8.24. The molecular weight excluding hydrogens is 531 g/mol. The van der Waals surface area contributed by atoms with Crippen molar-refractivity contribution in [3.05, 3.63) is 47.3 Å². The molecule has 0 aliphatic carbocycles. The van der Waals surface area contributed by atoms with E-state index in [1.54, 1.807) is 46.2 Å². The molecule has 0 saturated heterocycles. The average Bonchev–Trinajstić information content (AvgIpc) is 3.25. The number of fused-ring (bicyclic) bond motifs is 1. The quantitative estimate of drug-likeness (QED) is 0.185. The Hall–Kier alpha value is -1.93. The van der Waals surface area contributed by atoms with Crippen molar-refractivity contribution < 1.29 is 33.1 Å². The van der Waals surface area contributed by atoms with E-state index in [4.69, 9.17) is 4.98 Å². The zero-order chi connectivity index (χ0) is 29.0. The van der Waals surface area contributed by atoms with E-state index >= 15 is 4.39 Å². The first-order valence-electron chi connectivity index (χ1n) is 12.6. The topological polar surface area (TPSA) is 157 Å². The van der Waals surface area contributed by atoms with Gasteiger partial charge in [-0.25, -0.2) is 4.39 Å². The highest BCUT2D eigenvalue weighted by molar-refractivity contribution is 7.72. The van der Waals surface area contributed by atoms with Crippen LogP contribution in [0.25, 0.3) is 22.2 Å². The third-order valence-corrected chi connectivity index (χ3v) is 11.5. The standard InChI is InChI=1S/C26H38FN3O6P2/c1-14(2)19-12-28-24(18-10-9-11-21-20(18)13-29-30-21)22(15(3)4)23(19)25(16(5)6,17(7)8)26(27,37(31,32)33)38(34,35)36/h9-17H,1-8H3,(H,29,30)(H2,31,32,33)(H2,34,35,36). The molecule has 0 saturated carbocycles. The zero-order valence-electron chi connectivity index (χ0n) is 23.0. The molecule has 2 aromatic heterocycles. The average molecular weight is 570 g/mol. The number of aromatic nitrogens is 3. The Morgan fingerprint density at radius 2 is 1.42 bits per heavy atom. The summed E-state index contributed by atoms with van der Waals surface area (Å²) >= 11 is 0. The second kappa shape index (κ2) is 10.2. The number of pyridine rings is 1. The van der Waals surface area contributed by atoms with Gasteiger partial charge in [0.15, 0.2) is 0 Å². The molecule has 3 rings (SSSR count). The van der Waals surface area contributed by atoms with Gasteiger partial charge in [-0.15, -0.1) is 0 Å². The molecule has 0 atom stereocenters. The predicted molar refractivity (Wildman–Crippen MR) is 147 cm³/mol. The second-order valence-electron chi connectivity index (χ2n) is 11.2. The van der Waals surface area contributed by atoms with Gasteiger partial charge in [-0.1, -0.05) is 67.5 Å². The van der Waals surface area contributed by atoms with Crippen molar-refractivity contribution in [3.63, 3.8) is 0 Å². The van der Waals surface area contributed by atoms with Gasteiger partial charge in [0, 0.05) is 17.1 Å². The lowest BCUT2D eigenvalue weighted by Gasteiger charge is -2.52. The number of hydrogen-bond donors (Lipinski definition) is 5. The van der Waals surface area contributed by atoms with Crippen LogP contribution < -0.4 is 0 Å². The molecule has 38 heavy (non-hydrogen) atoms. The lowest BCUT2D eigenvalue weighted by molar-refractivity contribution is 0.0634. The molecular formula is C26H38FN3O6P2. The van der Waals surface area contributed by atoms with E-state index in [-0.39, 0.29) is 17.4 Å². The first kappa shape index (κ1) is 30.6. The third-order valence-electron chi connectivity index (χ3n) is 7.62. The van der Waals surface area contributed by atoms with Crippen LogP contribution in [0.2, 0.25) is 0 Å². The van der Waals surface area contributed by atoms with Crippen LogP contribution in [0.3, 0.4) is 0 Å². The summed E-state index contributed by atoms with van der Waals surface area (Å²) in [7, 11) is -12.2. The van der Waals surface area contributed by atoms with Crippen LogP contribution in [-0.2, 0) is 14.5 Å². The lowest BCUT2D eigenvalue weighted by Crippen LogP contribution is -2.56. The van der Waals surface area contributed by atoms with E-state index in [2.05, 4.69) is 10.2 Å². The number of halogens is 1. The normalized spacial score (nSPS) is 14.0. The summed E-state index contributed by atoms with van der Waals surface area (Å²) in [5, 5.41) is 3.56. The Morgan fingerprint density at radius 3 is 1.87 bits per heavy atom. The van der Waals surface area contributed by atoms with Crippen molar-refractivity contribution >= 4 is 26.1 Å². The van der Waals surface area contributed by atoms with Crippen LogP contribution in [-0.4, -0.2) is 39.9 Å². The molecule has 0 bridgehead atoms. The molecule has 3 aromatic rings. The maximum absolute atomic E-state index is 17.4. The summed E-state index contributed by atoms with van der Waals surface area (Å²) < 4.78 is 43.3. The Labute approximate surface area is 222 Å². The minimum Gasteiger partial charge on any atom is -0.322 e. The summed E-state index contributed by atoms with van der Waals surface area (Å²) in [4.78, 5) is 46.5. The molecule has 210 valence electrons. The van der Waals surface area contributed by atoms with E-state index in [9.17, 15) is 28.7 Å². The van der Waals surface area contributed by atoms with E-state index in [1.807, 2.05) is 39.8 Å². The smallest absolute Gasteiger partial charge is 0.322 e. The van der Waals surface area contributed by atoms with Gasteiger partial charge in [0.1, 0.15) is 0 Å².